The molecular formula is C16H14ClNO3. The maximum absolute atomic E-state index is 11.8. The molecule has 0 spiro atoms. The molecule has 5 heteroatoms. The average Bonchev–Trinajstić information content (AvgIpc) is 2.43. The van der Waals surface area contributed by atoms with Crippen LogP contribution in [0.3, 0.4) is 0 Å². The lowest BCUT2D eigenvalue weighted by molar-refractivity contribution is -0.142. The number of esters is 1. The number of benzene rings is 1. The van der Waals surface area contributed by atoms with E-state index >= 15 is 0 Å². The van der Waals surface area contributed by atoms with E-state index in [1.807, 2.05) is 12.1 Å². The molecule has 2 rings (SSSR count). The van der Waals surface area contributed by atoms with E-state index < -0.39 is 5.97 Å². The number of nitriles is 1. The normalized spacial score (nSPS) is 13.9. The Hall–Kier alpha value is -2.25. The molecule has 0 aliphatic carbocycles. The van der Waals surface area contributed by atoms with Gasteiger partial charge in [0.05, 0.1) is 6.10 Å². The number of carbonyl (C=O) groups is 1. The van der Waals surface area contributed by atoms with Gasteiger partial charge in [-0.05, 0) is 49.8 Å². The summed E-state index contributed by atoms with van der Waals surface area (Å²) in [7, 11) is 0. The molecule has 0 saturated carbocycles. The summed E-state index contributed by atoms with van der Waals surface area (Å²) in [5, 5.41) is 9.67. The van der Waals surface area contributed by atoms with Gasteiger partial charge >= 0.3 is 5.97 Å². The zero-order valence-corrected chi connectivity index (χ0v) is 12.5. The quantitative estimate of drug-likeness (QED) is 0.487. The number of rotatable bonds is 3. The third kappa shape index (κ3) is 3.87. The van der Waals surface area contributed by atoms with Crippen LogP contribution in [-0.4, -0.2) is 18.7 Å². The van der Waals surface area contributed by atoms with Crippen molar-refractivity contribution in [2.45, 2.75) is 20.0 Å². The lowest BCUT2D eigenvalue weighted by Gasteiger charge is -2.16. The first kappa shape index (κ1) is 15.1. The predicted octanol–water partition coefficient (Wildman–Crippen LogP) is 3.52. The number of halogens is 1. The third-order valence-corrected chi connectivity index (χ3v) is 2.96. The van der Waals surface area contributed by atoms with Crippen molar-refractivity contribution in [3.63, 3.8) is 0 Å². The van der Waals surface area contributed by atoms with E-state index in [9.17, 15) is 4.79 Å². The fraction of sp³-hybridized carbons (Fsp3) is 0.250. The van der Waals surface area contributed by atoms with Crippen molar-refractivity contribution in [2.24, 2.45) is 0 Å². The van der Waals surface area contributed by atoms with E-state index in [4.69, 9.17) is 26.3 Å². The molecule has 0 unspecified atom stereocenters. The fourth-order valence-corrected chi connectivity index (χ4v) is 2.03. The van der Waals surface area contributed by atoms with E-state index in [0.717, 1.165) is 11.3 Å². The van der Waals surface area contributed by atoms with Gasteiger partial charge in [-0.3, -0.25) is 0 Å². The molecule has 1 aromatic carbocycles. The number of carbonyl (C=O) groups excluding carboxylic acids is 1. The van der Waals surface area contributed by atoms with E-state index in [1.54, 1.807) is 32.0 Å². The average molecular weight is 304 g/mol. The standard InChI is InChI=1S/C16H14ClNO3/c1-10(2)21-16(19)13(8-18)6-11-5-12-7-14(17)3-4-15(12)20-9-11/h3-7,10H,9H2,1-2H3/b13-6+. The van der Waals surface area contributed by atoms with Gasteiger partial charge in [0.25, 0.3) is 0 Å². The predicted molar refractivity (Wildman–Crippen MR) is 79.8 cm³/mol. The Morgan fingerprint density at radius 2 is 2.29 bits per heavy atom. The minimum absolute atomic E-state index is 0.0518. The van der Waals surface area contributed by atoms with Crippen LogP contribution in [0.25, 0.3) is 6.08 Å². The zero-order valence-electron chi connectivity index (χ0n) is 11.7. The summed E-state index contributed by atoms with van der Waals surface area (Å²) >= 11 is 5.94. The maximum Gasteiger partial charge on any atom is 0.349 e. The van der Waals surface area contributed by atoms with Crippen molar-refractivity contribution in [1.82, 2.24) is 0 Å². The molecule has 0 amide bonds. The molecule has 0 N–H and O–H groups in total. The molecular weight excluding hydrogens is 290 g/mol. The Balaban J connectivity index is 2.28. The van der Waals surface area contributed by atoms with E-state index in [2.05, 4.69) is 0 Å². The summed E-state index contributed by atoms with van der Waals surface area (Å²) < 4.78 is 10.6. The van der Waals surface area contributed by atoms with Gasteiger partial charge in [-0.25, -0.2) is 4.79 Å². The Morgan fingerprint density at radius 1 is 1.52 bits per heavy atom. The van der Waals surface area contributed by atoms with Crippen LogP contribution >= 0.6 is 11.6 Å². The van der Waals surface area contributed by atoms with Crippen LogP contribution in [-0.2, 0) is 9.53 Å². The number of hydrogen-bond donors (Lipinski definition) is 0. The molecule has 0 aromatic heterocycles. The smallest absolute Gasteiger partial charge is 0.349 e. The Labute approximate surface area is 128 Å². The van der Waals surface area contributed by atoms with Gasteiger partial charge in [0.2, 0.25) is 0 Å². The Bertz CT molecular complexity index is 669. The van der Waals surface area contributed by atoms with Crippen LogP contribution in [0.4, 0.5) is 0 Å². The van der Waals surface area contributed by atoms with E-state index in [1.165, 1.54) is 6.08 Å². The molecule has 0 fully saturated rings. The lowest BCUT2D eigenvalue weighted by Crippen LogP contribution is -2.14. The molecule has 0 atom stereocenters. The van der Waals surface area contributed by atoms with Gasteiger partial charge in [-0.15, -0.1) is 0 Å². The minimum Gasteiger partial charge on any atom is -0.488 e. The number of nitrogens with zero attached hydrogens (tertiary/aromatic N) is 1. The van der Waals surface area contributed by atoms with Gasteiger partial charge in [0.15, 0.2) is 0 Å². The lowest BCUT2D eigenvalue weighted by atomic mass is 10.1. The van der Waals surface area contributed by atoms with Crippen molar-refractivity contribution in [3.05, 3.63) is 46.0 Å². The second-order valence-electron chi connectivity index (χ2n) is 4.81. The van der Waals surface area contributed by atoms with E-state index in [-0.39, 0.29) is 18.3 Å². The van der Waals surface area contributed by atoms with Crippen molar-refractivity contribution >= 4 is 23.6 Å². The molecule has 1 aliphatic heterocycles. The number of hydrogen-bond acceptors (Lipinski definition) is 4. The monoisotopic (exact) mass is 303 g/mol. The van der Waals surface area contributed by atoms with Crippen LogP contribution in [0.15, 0.2) is 35.4 Å². The summed E-state index contributed by atoms with van der Waals surface area (Å²) in [4.78, 5) is 11.8. The molecule has 108 valence electrons. The molecule has 0 radical (unpaired) electrons. The van der Waals surface area contributed by atoms with Gasteiger partial charge in [0.1, 0.15) is 24.0 Å². The summed E-state index contributed by atoms with van der Waals surface area (Å²) in [6, 6.07) is 7.15. The van der Waals surface area contributed by atoms with E-state index in [0.29, 0.717) is 10.6 Å². The molecule has 0 bridgehead atoms. The summed E-state index contributed by atoms with van der Waals surface area (Å²) in [6.45, 7) is 3.75. The molecule has 1 aromatic rings. The highest BCUT2D eigenvalue weighted by Gasteiger charge is 2.16. The summed E-state index contributed by atoms with van der Waals surface area (Å²) in [5.41, 5.74) is 1.47. The highest BCUT2D eigenvalue weighted by Crippen LogP contribution is 2.29. The molecule has 1 heterocycles. The summed E-state index contributed by atoms with van der Waals surface area (Å²) in [6.07, 6.45) is 3.05. The van der Waals surface area contributed by atoms with Crippen molar-refractivity contribution in [3.8, 4) is 11.8 Å². The van der Waals surface area contributed by atoms with Crippen molar-refractivity contribution in [2.75, 3.05) is 6.61 Å². The minimum atomic E-state index is -0.634. The third-order valence-electron chi connectivity index (χ3n) is 2.72. The second kappa shape index (κ2) is 6.47. The number of fused-ring (bicyclic) bond motifs is 1. The van der Waals surface area contributed by atoms with Gasteiger partial charge in [-0.2, -0.15) is 5.26 Å². The summed E-state index contributed by atoms with van der Waals surface area (Å²) in [5.74, 6) is 0.0881. The fourth-order valence-electron chi connectivity index (χ4n) is 1.85. The van der Waals surface area contributed by atoms with Crippen LogP contribution in [0.2, 0.25) is 5.02 Å². The van der Waals surface area contributed by atoms with Crippen molar-refractivity contribution < 1.29 is 14.3 Å². The number of ether oxygens (including phenoxy) is 2. The molecule has 4 nitrogen and oxygen atoms in total. The van der Waals surface area contributed by atoms with Gasteiger partial charge in [-0.1, -0.05) is 11.6 Å². The Kier molecular flexibility index (Phi) is 4.66. The first-order valence-corrected chi connectivity index (χ1v) is 6.83. The maximum atomic E-state index is 11.8. The molecule has 1 aliphatic rings. The van der Waals surface area contributed by atoms with Gasteiger partial charge < -0.3 is 9.47 Å². The van der Waals surface area contributed by atoms with Crippen LogP contribution in [0, 0.1) is 11.3 Å². The highest BCUT2D eigenvalue weighted by molar-refractivity contribution is 6.30. The SMILES string of the molecule is CC(C)OC(=O)/C(C#N)=C/C1=Cc2cc(Cl)ccc2OC1. The molecule has 21 heavy (non-hydrogen) atoms. The first-order chi connectivity index (χ1) is 9.99. The van der Waals surface area contributed by atoms with Crippen LogP contribution in [0.5, 0.6) is 5.75 Å². The zero-order chi connectivity index (χ0) is 15.4. The second-order valence-corrected chi connectivity index (χ2v) is 5.25. The Morgan fingerprint density at radius 3 is 2.95 bits per heavy atom. The van der Waals surface area contributed by atoms with Crippen molar-refractivity contribution in [1.29, 1.82) is 5.26 Å². The van der Waals surface area contributed by atoms with Crippen LogP contribution < -0.4 is 4.74 Å². The topological polar surface area (TPSA) is 59.3 Å². The highest BCUT2D eigenvalue weighted by atomic mass is 35.5. The largest absolute Gasteiger partial charge is 0.488 e. The first-order valence-electron chi connectivity index (χ1n) is 6.45. The molecule has 0 saturated heterocycles. The van der Waals surface area contributed by atoms with Gasteiger partial charge in [0, 0.05) is 10.6 Å². The van der Waals surface area contributed by atoms with Crippen LogP contribution in [0.1, 0.15) is 19.4 Å².